The second-order valence-electron chi connectivity index (χ2n) is 8.40. The minimum Gasteiger partial charge on any atom is -0.496 e. The summed E-state index contributed by atoms with van der Waals surface area (Å²) in [7, 11) is 1.74. The number of hydrogen-bond donors (Lipinski definition) is 2. The Morgan fingerprint density at radius 3 is 2.56 bits per heavy atom. The number of rotatable bonds is 11. The van der Waals surface area contributed by atoms with E-state index in [1.54, 1.807) is 18.4 Å². The quantitative estimate of drug-likeness (QED) is 0.431. The first-order valence-electron chi connectivity index (χ1n) is 11.6. The number of para-hydroxylation sites is 1. The van der Waals surface area contributed by atoms with Crippen molar-refractivity contribution in [1.29, 1.82) is 0 Å². The van der Waals surface area contributed by atoms with Crippen LogP contribution < -0.4 is 15.4 Å². The number of piperidine rings is 1. The minimum absolute atomic E-state index is 0.244. The number of nitrogens with zero attached hydrogens (tertiary/aromatic N) is 2. The van der Waals surface area contributed by atoms with Crippen LogP contribution in [-0.2, 0) is 6.54 Å². The molecule has 170 valence electrons. The zero-order valence-corrected chi connectivity index (χ0v) is 19.7. The third-order valence-electron chi connectivity index (χ3n) is 6.27. The zero-order valence-electron chi connectivity index (χ0n) is 18.9. The number of methoxy groups -OCH3 is 1. The van der Waals surface area contributed by atoms with Crippen LogP contribution in [-0.4, -0.2) is 49.2 Å². The summed E-state index contributed by atoms with van der Waals surface area (Å²) < 4.78 is 5.59. The molecule has 6 heteroatoms. The largest absolute Gasteiger partial charge is 0.496 e. The van der Waals surface area contributed by atoms with Gasteiger partial charge in [-0.3, -0.25) is 0 Å². The van der Waals surface area contributed by atoms with E-state index in [-0.39, 0.29) is 6.04 Å². The molecule has 2 atom stereocenters. The topological polar surface area (TPSA) is 49.4 Å². The molecule has 1 aliphatic rings. The molecular formula is C26H34N4OS. The molecule has 0 aliphatic carbocycles. The predicted octanol–water partition coefficient (Wildman–Crippen LogP) is 4.99. The van der Waals surface area contributed by atoms with Gasteiger partial charge in [0.15, 0.2) is 5.13 Å². The van der Waals surface area contributed by atoms with Gasteiger partial charge in [0.2, 0.25) is 0 Å². The number of likely N-dealkylation sites (tertiary alicyclic amines) is 1. The van der Waals surface area contributed by atoms with Crippen molar-refractivity contribution in [3.63, 3.8) is 0 Å². The Balaban J connectivity index is 1.55. The molecule has 0 amide bonds. The Morgan fingerprint density at radius 1 is 1.03 bits per heavy atom. The number of thiazole rings is 1. The van der Waals surface area contributed by atoms with Gasteiger partial charge in [-0.15, -0.1) is 11.3 Å². The summed E-state index contributed by atoms with van der Waals surface area (Å²) in [4.78, 5) is 7.07. The molecule has 2 aromatic carbocycles. The highest BCUT2D eigenvalue weighted by atomic mass is 32.1. The molecule has 1 aliphatic heterocycles. The van der Waals surface area contributed by atoms with E-state index >= 15 is 0 Å². The van der Waals surface area contributed by atoms with Gasteiger partial charge in [-0.05, 0) is 37.6 Å². The van der Waals surface area contributed by atoms with Gasteiger partial charge in [0.25, 0.3) is 0 Å². The van der Waals surface area contributed by atoms with E-state index in [0.717, 1.165) is 30.5 Å². The Kier molecular flexibility index (Phi) is 8.54. The van der Waals surface area contributed by atoms with Crippen LogP contribution in [0.5, 0.6) is 5.75 Å². The Labute approximate surface area is 195 Å². The van der Waals surface area contributed by atoms with Crippen molar-refractivity contribution in [3.05, 3.63) is 77.3 Å². The van der Waals surface area contributed by atoms with Gasteiger partial charge < -0.3 is 20.3 Å². The molecule has 0 bridgehead atoms. The number of aromatic nitrogens is 1. The third-order valence-corrected chi connectivity index (χ3v) is 7.00. The van der Waals surface area contributed by atoms with Gasteiger partial charge in [-0.25, -0.2) is 4.98 Å². The van der Waals surface area contributed by atoms with Crippen LogP contribution in [0.25, 0.3) is 0 Å². The molecule has 0 radical (unpaired) electrons. The predicted molar refractivity (Wildman–Crippen MR) is 134 cm³/mol. The first kappa shape index (κ1) is 22.8. The lowest BCUT2D eigenvalue weighted by Crippen LogP contribution is -2.45. The highest BCUT2D eigenvalue weighted by Crippen LogP contribution is 2.25. The van der Waals surface area contributed by atoms with Crippen LogP contribution in [0.1, 0.15) is 36.3 Å². The summed E-state index contributed by atoms with van der Waals surface area (Å²) in [6.45, 7) is 5.03. The molecule has 4 rings (SSSR count). The van der Waals surface area contributed by atoms with Gasteiger partial charge >= 0.3 is 0 Å². The molecule has 2 heterocycles. The lowest BCUT2D eigenvalue weighted by atomic mass is 9.89. The van der Waals surface area contributed by atoms with Gasteiger partial charge in [0.1, 0.15) is 5.75 Å². The summed E-state index contributed by atoms with van der Waals surface area (Å²) in [5, 5.41) is 10.4. The zero-order chi connectivity index (χ0) is 22.0. The lowest BCUT2D eigenvalue weighted by molar-refractivity contribution is 0.202. The van der Waals surface area contributed by atoms with Crippen molar-refractivity contribution in [1.82, 2.24) is 15.2 Å². The van der Waals surface area contributed by atoms with E-state index in [0.29, 0.717) is 5.92 Å². The van der Waals surface area contributed by atoms with Crippen molar-refractivity contribution < 1.29 is 4.74 Å². The summed E-state index contributed by atoms with van der Waals surface area (Å²) in [6, 6.07) is 19.5. The van der Waals surface area contributed by atoms with Crippen molar-refractivity contribution >= 4 is 16.5 Å². The summed E-state index contributed by atoms with van der Waals surface area (Å²) in [5.41, 5.74) is 2.57. The maximum Gasteiger partial charge on any atom is 0.182 e. The number of benzene rings is 2. The molecule has 2 N–H and O–H groups in total. The number of hydrogen-bond acceptors (Lipinski definition) is 6. The van der Waals surface area contributed by atoms with Gasteiger partial charge in [-0.2, -0.15) is 0 Å². The molecule has 32 heavy (non-hydrogen) atoms. The van der Waals surface area contributed by atoms with Gasteiger partial charge in [0, 0.05) is 48.7 Å². The van der Waals surface area contributed by atoms with E-state index < -0.39 is 0 Å². The average Bonchev–Trinajstić information content (AvgIpc) is 3.38. The minimum atomic E-state index is 0.244. The van der Waals surface area contributed by atoms with Crippen molar-refractivity contribution in [2.75, 3.05) is 38.6 Å². The SMILES string of the molecule is COc1ccccc1CNC(CNc1nccs1)C(CN1CCCCC1)c1ccccc1. The number of nitrogens with one attached hydrogen (secondary N) is 2. The normalized spacial score (nSPS) is 16.4. The van der Waals surface area contributed by atoms with Gasteiger partial charge in [0.05, 0.1) is 7.11 Å². The maximum absolute atomic E-state index is 5.59. The first-order valence-corrected chi connectivity index (χ1v) is 12.5. The van der Waals surface area contributed by atoms with E-state index in [1.165, 1.54) is 43.5 Å². The smallest absolute Gasteiger partial charge is 0.182 e. The third kappa shape index (κ3) is 6.31. The van der Waals surface area contributed by atoms with E-state index in [9.17, 15) is 0 Å². The fraction of sp³-hybridized carbons (Fsp3) is 0.423. The Bertz CT molecular complexity index is 913. The fourth-order valence-corrected chi connectivity index (χ4v) is 5.08. The highest BCUT2D eigenvalue weighted by Gasteiger charge is 2.26. The molecule has 5 nitrogen and oxygen atoms in total. The first-order chi connectivity index (χ1) is 15.8. The molecule has 1 fully saturated rings. The van der Waals surface area contributed by atoms with E-state index in [4.69, 9.17) is 4.74 Å². The Hall–Kier alpha value is -2.41. The van der Waals surface area contributed by atoms with Crippen LogP contribution in [0.3, 0.4) is 0 Å². The standard InChI is InChI=1S/C26H34N4OS/c1-31-25-13-7-6-12-22(25)18-28-24(19-29-26-27-14-17-32-26)23(21-10-4-2-5-11-21)20-30-15-8-3-9-16-30/h2,4-7,10-14,17,23-24,28H,3,8-9,15-16,18-20H2,1H3,(H,27,29). The number of ether oxygens (including phenoxy) is 1. The van der Waals surface area contributed by atoms with Crippen LogP contribution in [0, 0.1) is 0 Å². The Morgan fingerprint density at radius 2 is 1.81 bits per heavy atom. The molecule has 3 aromatic rings. The van der Waals surface area contributed by atoms with Crippen LogP contribution in [0.2, 0.25) is 0 Å². The summed E-state index contributed by atoms with van der Waals surface area (Å²) in [6.07, 6.45) is 5.82. The van der Waals surface area contributed by atoms with Crippen LogP contribution in [0.15, 0.2) is 66.2 Å². The lowest BCUT2D eigenvalue weighted by Gasteiger charge is -2.35. The molecule has 0 spiro atoms. The maximum atomic E-state index is 5.59. The van der Waals surface area contributed by atoms with E-state index in [1.807, 2.05) is 23.7 Å². The molecule has 1 saturated heterocycles. The van der Waals surface area contributed by atoms with Crippen molar-refractivity contribution in [3.8, 4) is 5.75 Å². The average molecular weight is 451 g/mol. The van der Waals surface area contributed by atoms with E-state index in [2.05, 4.69) is 63.0 Å². The second-order valence-corrected chi connectivity index (χ2v) is 9.29. The summed E-state index contributed by atoms with van der Waals surface area (Å²) in [5.74, 6) is 1.30. The summed E-state index contributed by atoms with van der Waals surface area (Å²) >= 11 is 1.65. The van der Waals surface area contributed by atoms with Crippen molar-refractivity contribution in [2.45, 2.75) is 37.8 Å². The molecular weight excluding hydrogens is 416 g/mol. The van der Waals surface area contributed by atoms with Crippen molar-refractivity contribution in [2.24, 2.45) is 0 Å². The van der Waals surface area contributed by atoms with Gasteiger partial charge in [-0.1, -0.05) is 55.0 Å². The van der Waals surface area contributed by atoms with Crippen LogP contribution in [0.4, 0.5) is 5.13 Å². The molecule has 0 saturated carbocycles. The molecule has 1 aromatic heterocycles. The fourth-order valence-electron chi connectivity index (χ4n) is 4.54. The molecule has 2 unspecified atom stereocenters. The van der Waals surface area contributed by atoms with Crippen LogP contribution >= 0.6 is 11.3 Å². The monoisotopic (exact) mass is 450 g/mol. The number of anilines is 1. The second kappa shape index (κ2) is 12.0. The highest BCUT2D eigenvalue weighted by molar-refractivity contribution is 7.13.